The van der Waals surface area contributed by atoms with Crippen LogP contribution in [0.2, 0.25) is 0 Å². The van der Waals surface area contributed by atoms with Crippen molar-refractivity contribution < 1.29 is 94.4 Å². The summed E-state index contributed by atoms with van der Waals surface area (Å²) >= 11 is 0. The fourth-order valence-corrected chi connectivity index (χ4v) is 12.6. The number of benzene rings is 3. The number of rotatable bonds is 36. The van der Waals surface area contributed by atoms with E-state index in [9.17, 15) is 28.8 Å². The van der Waals surface area contributed by atoms with Gasteiger partial charge in [-0.2, -0.15) is 0 Å². The number of hydrogen-bond donors (Lipinski definition) is 2. The van der Waals surface area contributed by atoms with Gasteiger partial charge in [0.1, 0.15) is 54.3 Å². The maximum Gasteiger partial charge on any atom is 0.409 e. The molecule has 486 valence electrons. The van der Waals surface area contributed by atoms with E-state index in [2.05, 4.69) is 10.3 Å². The van der Waals surface area contributed by atoms with Crippen LogP contribution in [-0.4, -0.2) is 186 Å². The molecule has 26 nitrogen and oxygen atoms in total. The second-order valence-electron chi connectivity index (χ2n) is 21.2. The lowest BCUT2D eigenvalue weighted by Gasteiger charge is -2.44. The van der Waals surface area contributed by atoms with Gasteiger partial charge in [0, 0.05) is 58.0 Å². The highest BCUT2D eigenvalue weighted by Crippen LogP contribution is 2.57. The minimum atomic E-state index is -4.23. The third kappa shape index (κ3) is 19.8. The number of esters is 3. The van der Waals surface area contributed by atoms with E-state index in [0.717, 1.165) is 30.5 Å². The maximum atomic E-state index is 15.5. The number of hydrogen-bond acceptors (Lipinski definition) is 22. The first-order chi connectivity index (χ1) is 42.1. The molecule has 1 aromatic heterocycles. The first-order valence-electron chi connectivity index (χ1n) is 29.1. The van der Waals surface area contributed by atoms with Gasteiger partial charge in [-0.15, -0.1) is 0 Å². The van der Waals surface area contributed by atoms with Gasteiger partial charge in [0.05, 0.1) is 86.9 Å². The predicted octanol–water partition coefficient (Wildman–Crippen LogP) is 5.53. The van der Waals surface area contributed by atoms with Crippen LogP contribution in [0.4, 0.5) is 0 Å². The Balaban J connectivity index is 1.03. The smallest absolute Gasteiger partial charge is 0.409 e. The molecule has 1 amide bonds. The maximum absolute atomic E-state index is 15.5. The van der Waals surface area contributed by atoms with Crippen molar-refractivity contribution in [2.45, 2.75) is 135 Å². The number of carbonyl (C=O) groups excluding carboxylic acids is 4. The second kappa shape index (κ2) is 34.5. The molecule has 88 heavy (non-hydrogen) atoms. The largest absolute Gasteiger partial charge is 0.497 e. The number of nitrogens with zero attached hydrogens (tertiary/aromatic N) is 2. The van der Waals surface area contributed by atoms with Crippen molar-refractivity contribution in [2.24, 2.45) is 0 Å². The quantitative estimate of drug-likeness (QED) is 0.0186. The fraction of sp³-hybridized carbons (Fsp3) is 0.574. The molecule has 0 aliphatic carbocycles. The first-order valence-corrected chi connectivity index (χ1v) is 30.6. The highest BCUT2D eigenvalue weighted by molar-refractivity contribution is 7.51. The van der Waals surface area contributed by atoms with Crippen LogP contribution >= 0.6 is 7.75 Å². The second-order valence-corrected chi connectivity index (χ2v) is 23.1. The van der Waals surface area contributed by atoms with Gasteiger partial charge in [0.15, 0.2) is 18.5 Å². The summed E-state index contributed by atoms with van der Waals surface area (Å²) in [6, 6.07) is 23.0. The van der Waals surface area contributed by atoms with Crippen LogP contribution in [0.15, 0.2) is 94.6 Å². The van der Waals surface area contributed by atoms with Crippen molar-refractivity contribution in [3.63, 3.8) is 0 Å². The Bertz CT molecular complexity index is 2940. The van der Waals surface area contributed by atoms with Crippen LogP contribution in [0.5, 0.6) is 11.5 Å². The topological polar surface area (TPSA) is 294 Å². The molecule has 3 aromatic carbocycles. The Kier molecular flexibility index (Phi) is 27.8. The number of H-pyrrole nitrogens is 1. The first kappa shape index (κ1) is 70.7. The van der Waals surface area contributed by atoms with Gasteiger partial charge < -0.3 is 66.9 Å². The molecule has 0 bridgehead atoms. The van der Waals surface area contributed by atoms with Gasteiger partial charge in [-0.25, -0.2) is 14.0 Å². The SMILES string of the molecule is COc1ccc(C(OC[C@H]2O[C@@H](n3cc(C)c(=O)[nH]c3=O)C[C@@H]2OP(=O)(OCCOCCOCCOCCOCCO[C@@H]2O[C@H](COC(C)=O)[C@H](OC(C)=O)[C@H](OC(C)=O)[C@H]2NC(C)=O)N(C(C)C)C(C)C)(c2ccccc2)c2ccc(OC)cc2)cc1. The molecule has 1 unspecified atom stereocenters. The standard InChI is InChI=1S/C61H85N4O22P/c1-39(2)65(40(3)4)88(72,82-34-32-78-30-28-76-26-25-75-27-29-77-31-33-79-59-55(62-42(6)66)57(84-45(9)69)56(83-44(8)68)53(86-59)37-80-43(7)67)87-51-35-54(64-36-41(5)58(70)63-60(64)71)85-52(51)38-81-61(46-15-13-12-14-16-46,47-17-21-49(73-10)22-18-47)48-19-23-50(74-11)24-20-48/h12-24,36,39-40,51-57,59H,25-35,37-38H2,1-11H3,(H,62,66)(H,63,70,71)/t51-,52+,53+,54+,55+,56-,57+,59+,88?/m0/s1. The van der Waals surface area contributed by atoms with E-state index in [1.54, 1.807) is 25.8 Å². The lowest BCUT2D eigenvalue weighted by molar-refractivity contribution is -0.279. The van der Waals surface area contributed by atoms with Crippen molar-refractivity contribution in [3.8, 4) is 11.5 Å². The zero-order chi connectivity index (χ0) is 64.0. The Morgan fingerprint density at radius 2 is 1.18 bits per heavy atom. The summed E-state index contributed by atoms with van der Waals surface area (Å²) in [6.45, 7) is 14.6. The van der Waals surface area contributed by atoms with E-state index in [1.165, 1.54) is 24.6 Å². The van der Waals surface area contributed by atoms with Crippen molar-refractivity contribution in [2.75, 3.05) is 93.5 Å². The van der Waals surface area contributed by atoms with Crippen LogP contribution in [-0.2, 0) is 90.5 Å². The van der Waals surface area contributed by atoms with E-state index < -0.39 is 97.5 Å². The lowest BCUT2D eigenvalue weighted by Crippen LogP contribution is -2.66. The summed E-state index contributed by atoms with van der Waals surface area (Å²) in [5.74, 6) is -1.30. The molecular weight excluding hydrogens is 1170 g/mol. The third-order valence-corrected chi connectivity index (χ3v) is 16.6. The Hall–Kier alpha value is -6.39. The molecule has 2 aliphatic rings. The van der Waals surface area contributed by atoms with Crippen molar-refractivity contribution in [1.29, 1.82) is 0 Å². The molecule has 2 fully saturated rings. The molecule has 0 saturated carbocycles. The molecule has 9 atom stereocenters. The number of amides is 1. The Morgan fingerprint density at radius 3 is 1.68 bits per heavy atom. The number of nitrogens with one attached hydrogen (secondary N) is 2. The zero-order valence-electron chi connectivity index (χ0n) is 51.9. The van der Waals surface area contributed by atoms with E-state index in [0.29, 0.717) is 11.5 Å². The van der Waals surface area contributed by atoms with Gasteiger partial charge in [-0.05, 0) is 75.6 Å². The van der Waals surface area contributed by atoms with Crippen LogP contribution < -0.4 is 26.0 Å². The molecule has 3 heterocycles. The molecule has 6 rings (SSSR count). The van der Waals surface area contributed by atoms with Crippen LogP contribution in [0.25, 0.3) is 0 Å². The fourth-order valence-electron chi connectivity index (χ4n) is 10.3. The van der Waals surface area contributed by atoms with Gasteiger partial charge in [-0.3, -0.25) is 42.6 Å². The predicted molar refractivity (Wildman–Crippen MR) is 317 cm³/mol. The number of aromatic amines is 1. The Morgan fingerprint density at radius 1 is 0.670 bits per heavy atom. The van der Waals surface area contributed by atoms with Crippen LogP contribution in [0.3, 0.4) is 0 Å². The molecule has 2 saturated heterocycles. The number of methoxy groups -OCH3 is 2. The lowest BCUT2D eigenvalue weighted by atomic mass is 9.80. The summed E-state index contributed by atoms with van der Waals surface area (Å²) in [6.07, 6.45) is -6.32. The minimum absolute atomic E-state index is 0.0190. The van der Waals surface area contributed by atoms with Crippen molar-refractivity contribution in [3.05, 3.63) is 128 Å². The number of ether oxygens (including phenoxy) is 13. The van der Waals surface area contributed by atoms with E-state index in [-0.39, 0.29) is 103 Å². The Labute approximate surface area is 512 Å². The summed E-state index contributed by atoms with van der Waals surface area (Å²) in [4.78, 5) is 76.4. The summed E-state index contributed by atoms with van der Waals surface area (Å²) in [7, 11) is -1.05. The van der Waals surface area contributed by atoms with E-state index in [1.807, 2.05) is 107 Å². The van der Waals surface area contributed by atoms with Gasteiger partial charge in [0.25, 0.3) is 5.56 Å². The van der Waals surface area contributed by atoms with Crippen LogP contribution in [0.1, 0.15) is 90.3 Å². The third-order valence-electron chi connectivity index (χ3n) is 14.1. The normalized spacial score (nSPS) is 21.0. The molecule has 27 heteroatoms. The monoisotopic (exact) mass is 1260 g/mol. The van der Waals surface area contributed by atoms with Crippen molar-refractivity contribution in [1.82, 2.24) is 19.5 Å². The molecular formula is C61H85N4O22P. The highest BCUT2D eigenvalue weighted by Gasteiger charge is 2.52. The molecule has 0 spiro atoms. The number of aryl methyl sites for hydroxylation is 1. The molecule has 2 N–H and O–H groups in total. The average molecular weight is 1260 g/mol. The van der Waals surface area contributed by atoms with E-state index >= 15 is 4.57 Å². The van der Waals surface area contributed by atoms with Gasteiger partial charge >= 0.3 is 31.3 Å². The summed E-state index contributed by atoms with van der Waals surface area (Å²) in [5, 5.41) is 2.64. The van der Waals surface area contributed by atoms with Gasteiger partial charge in [0.2, 0.25) is 5.91 Å². The van der Waals surface area contributed by atoms with Crippen LogP contribution in [0, 0.1) is 6.92 Å². The minimum Gasteiger partial charge on any atom is -0.497 e. The zero-order valence-corrected chi connectivity index (χ0v) is 52.8. The highest BCUT2D eigenvalue weighted by atomic mass is 31.2. The van der Waals surface area contributed by atoms with E-state index in [4.69, 9.17) is 70.6 Å². The number of aromatic nitrogens is 2. The molecule has 4 aromatic rings. The summed E-state index contributed by atoms with van der Waals surface area (Å²) in [5.41, 5.74) is 0.0767. The number of carbonyl (C=O) groups is 4. The average Bonchev–Trinajstić information content (AvgIpc) is 1.14. The van der Waals surface area contributed by atoms with Gasteiger partial charge in [-0.1, -0.05) is 54.6 Å². The molecule has 2 aliphatic heterocycles. The summed E-state index contributed by atoms with van der Waals surface area (Å²) < 4.78 is 107. The van der Waals surface area contributed by atoms with Crippen molar-refractivity contribution >= 4 is 31.6 Å². The molecule has 0 radical (unpaired) electrons.